The van der Waals surface area contributed by atoms with E-state index < -0.39 is 0 Å². The Morgan fingerprint density at radius 3 is 2.63 bits per heavy atom. The lowest BCUT2D eigenvalue weighted by Crippen LogP contribution is -2.27. The average Bonchev–Trinajstić information content (AvgIpc) is 2.38. The highest BCUT2D eigenvalue weighted by Gasteiger charge is 2.12. The Morgan fingerprint density at radius 1 is 1.21 bits per heavy atom. The Labute approximate surface area is 111 Å². The molecule has 0 fully saturated rings. The van der Waals surface area contributed by atoms with Crippen LogP contribution in [0.2, 0.25) is 0 Å². The first kappa shape index (κ1) is 13.1. The van der Waals surface area contributed by atoms with Crippen molar-refractivity contribution in [2.45, 2.75) is 6.42 Å². The van der Waals surface area contributed by atoms with E-state index in [0.29, 0.717) is 11.4 Å². The maximum atomic E-state index is 13.1. The van der Waals surface area contributed by atoms with E-state index in [2.05, 4.69) is 0 Å². The number of nitrogens with two attached hydrogens (primary N) is 1. The molecule has 0 aromatic heterocycles. The Hall–Kier alpha value is -2.36. The molecule has 1 amide bonds. The Bertz CT molecular complexity index is 598. The van der Waals surface area contributed by atoms with Gasteiger partial charge in [-0.05, 0) is 35.9 Å². The second kappa shape index (κ2) is 5.52. The van der Waals surface area contributed by atoms with E-state index in [0.717, 1.165) is 5.56 Å². The molecule has 4 heteroatoms. The highest BCUT2D eigenvalue weighted by molar-refractivity contribution is 5.94. The van der Waals surface area contributed by atoms with Crippen LogP contribution in [0.5, 0.6) is 0 Å². The molecule has 0 heterocycles. The average molecular weight is 258 g/mol. The number of nitrogens with zero attached hydrogens (tertiary/aromatic N) is 1. The molecule has 0 aliphatic carbocycles. The molecule has 98 valence electrons. The van der Waals surface area contributed by atoms with E-state index in [9.17, 15) is 9.18 Å². The van der Waals surface area contributed by atoms with Crippen molar-refractivity contribution in [1.29, 1.82) is 0 Å². The van der Waals surface area contributed by atoms with Gasteiger partial charge in [-0.15, -0.1) is 0 Å². The first-order valence-electron chi connectivity index (χ1n) is 5.93. The predicted octanol–water partition coefficient (Wildman–Crippen LogP) is 2.61. The van der Waals surface area contributed by atoms with Crippen molar-refractivity contribution in [2.75, 3.05) is 17.7 Å². The quantitative estimate of drug-likeness (QED) is 0.860. The topological polar surface area (TPSA) is 46.3 Å². The molecule has 0 spiro atoms. The lowest BCUT2D eigenvalue weighted by molar-refractivity contribution is -0.117. The summed E-state index contributed by atoms with van der Waals surface area (Å²) in [6, 6.07) is 13.1. The summed E-state index contributed by atoms with van der Waals surface area (Å²) in [7, 11) is 1.63. The van der Waals surface area contributed by atoms with Gasteiger partial charge in [-0.3, -0.25) is 4.79 Å². The van der Waals surface area contributed by atoms with E-state index >= 15 is 0 Å². The summed E-state index contributed by atoms with van der Waals surface area (Å²) in [5, 5.41) is 0. The zero-order valence-electron chi connectivity index (χ0n) is 10.6. The van der Waals surface area contributed by atoms with Gasteiger partial charge in [0.15, 0.2) is 0 Å². The fraction of sp³-hybridized carbons (Fsp3) is 0.133. The lowest BCUT2D eigenvalue weighted by Gasteiger charge is -2.17. The van der Waals surface area contributed by atoms with Crippen LogP contribution in [0.25, 0.3) is 0 Å². The molecular weight excluding hydrogens is 243 g/mol. The smallest absolute Gasteiger partial charge is 0.231 e. The Balaban J connectivity index is 2.12. The molecular formula is C15H15FN2O. The van der Waals surface area contributed by atoms with Crippen LogP contribution < -0.4 is 10.6 Å². The molecule has 0 aliphatic rings. The van der Waals surface area contributed by atoms with Crippen molar-refractivity contribution < 1.29 is 9.18 Å². The molecule has 19 heavy (non-hydrogen) atoms. The van der Waals surface area contributed by atoms with Gasteiger partial charge in [-0.2, -0.15) is 0 Å². The minimum atomic E-state index is -0.360. The lowest BCUT2D eigenvalue weighted by atomic mass is 10.1. The van der Waals surface area contributed by atoms with Gasteiger partial charge in [-0.25, -0.2) is 4.39 Å². The van der Waals surface area contributed by atoms with E-state index in [1.54, 1.807) is 37.4 Å². The van der Waals surface area contributed by atoms with Crippen LogP contribution >= 0.6 is 0 Å². The number of hydrogen-bond acceptors (Lipinski definition) is 2. The molecule has 0 saturated carbocycles. The summed E-state index contributed by atoms with van der Waals surface area (Å²) in [5.74, 6) is -0.475. The molecule has 0 unspecified atom stereocenters. The second-order valence-electron chi connectivity index (χ2n) is 4.35. The molecule has 3 nitrogen and oxygen atoms in total. The van der Waals surface area contributed by atoms with Gasteiger partial charge in [-0.1, -0.05) is 18.2 Å². The maximum Gasteiger partial charge on any atom is 0.231 e. The van der Waals surface area contributed by atoms with Crippen molar-refractivity contribution in [3.63, 3.8) is 0 Å². The standard InChI is InChI=1S/C15H15FN2O/c1-18(14-7-3-5-12(16)10-14)15(19)9-11-4-2-6-13(17)8-11/h2-8,10H,9,17H2,1H3. The number of benzene rings is 2. The number of likely N-dealkylation sites (N-methyl/N-ethyl adjacent to an activating group) is 1. The molecule has 2 rings (SSSR count). The van der Waals surface area contributed by atoms with Gasteiger partial charge < -0.3 is 10.6 Å². The molecule has 2 aromatic rings. The van der Waals surface area contributed by atoms with Crippen LogP contribution in [0.3, 0.4) is 0 Å². The number of carbonyl (C=O) groups excluding carboxylic acids is 1. The Morgan fingerprint density at radius 2 is 1.95 bits per heavy atom. The van der Waals surface area contributed by atoms with Crippen LogP contribution in [0.1, 0.15) is 5.56 Å². The maximum absolute atomic E-state index is 13.1. The minimum absolute atomic E-state index is 0.115. The molecule has 0 bridgehead atoms. The normalized spacial score (nSPS) is 10.2. The highest BCUT2D eigenvalue weighted by Crippen LogP contribution is 2.16. The summed E-state index contributed by atoms with van der Waals surface area (Å²) in [6.45, 7) is 0. The number of rotatable bonds is 3. The predicted molar refractivity (Wildman–Crippen MR) is 74.4 cm³/mol. The van der Waals surface area contributed by atoms with Gasteiger partial charge in [0.1, 0.15) is 5.82 Å². The minimum Gasteiger partial charge on any atom is -0.399 e. The van der Waals surface area contributed by atoms with E-state index in [4.69, 9.17) is 5.73 Å². The summed E-state index contributed by atoms with van der Waals surface area (Å²) >= 11 is 0. The largest absolute Gasteiger partial charge is 0.399 e. The number of carbonyl (C=O) groups is 1. The number of nitrogen functional groups attached to an aromatic ring is 1. The van der Waals surface area contributed by atoms with Crippen molar-refractivity contribution >= 4 is 17.3 Å². The van der Waals surface area contributed by atoms with Crippen molar-refractivity contribution in [3.05, 3.63) is 59.9 Å². The van der Waals surface area contributed by atoms with Crippen molar-refractivity contribution in [1.82, 2.24) is 0 Å². The molecule has 2 N–H and O–H groups in total. The highest BCUT2D eigenvalue weighted by atomic mass is 19.1. The fourth-order valence-electron chi connectivity index (χ4n) is 1.83. The van der Waals surface area contributed by atoms with Crippen LogP contribution in [-0.2, 0) is 11.2 Å². The van der Waals surface area contributed by atoms with Gasteiger partial charge in [0, 0.05) is 18.4 Å². The number of amides is 1. The fourth-order valence-corrected chi connectivity index (χ4v) is 1.83. The first-order valence-corrected chi connectivity index (χ1v) is 5.93. The summed E-state index contributed by atoms with van der Waals surface area (Å²) in [5.41, 5.74) is 7.67. The van der Waals surface area contributed by atoms with Crippen LogP contribution in [0.4, 0.5) is 15.8 Å². The second-order valence-corrected chi connectivity index (χ2v) is 4.35. The van der Waals surface area contributed by atoms with Crippen LogP contribution in [-0.4, -0.2) is 13.0 Å². The van der Waals surface area contributed by atoms with Gasteiger partial charge in [0.2, 0.25) is 5.91 Å². The van der Waals surface area contributed by atoms with Crippen molar-refractivity contribution in [3.8, 4) is 0 Å². The Kier molecular flexibility index (Phi) is 3.80. The summed E-state index contributed by atoms with van der Waals surface area (Å²) < 4.78 is 13.1. The number of hydrogen-bond donors (Lipinski definition) is 1. The van der Waals surface area contributed by atoms with Gasteiger partial charge in [0.05, 0.1) is 6.42 Å². The first-order chi connectivity index (χ1) is 9.06. The third kappa shape index (κ3) is 3.31. The third-order valence-corrected chi connectivity index (χ3v) is 2.88. The molecule has 0 aliphatic heterocycles. The molecule has 0 atom stereocenters. The summed E-state index contributed by atoms with van der Waals surface area (Å²) in [4.78, 5) is 13.5. The van der Waals surface area contributed by atoms with Gasteiger partial charge in [0.25, 0.3) is 0 Å². The van der Waals surface area contributed by atoms with E-state index in [1.165, 1.54) is 17.0 Å². The van der Waals surface area contributed by atoms with Gasteiger partial charge >= 0.3 is 0 Å². The number of halogens is 1. The van der Waals surface area contributed by atoms with Crippen LogP contribution in [0, 0.1) is 5.82 Å². The molecule has 2 aromatic carbocycles. The van der Waals surface area contributed by atoms with Crippen LogP contribution in [0.15, 0.2) is 48.5 Å². The molecule has 0 saturated heterocycles. The van der Waals surface area contributed by atoms with E-state index in [1.807, 2.05) is 6.07 Å². The molecule has 0 radical (unpaired) electrons. The summed E-state index contributed by atoms with van der Waals surface area (Å²) in [6.07, 6.45) is 0.234. The SMILES string of the molecule is CN(C(=O)Cc1cccc(N)c1)c1cccc(F)c1. The monoisotopic (exact) mass is 258 g/mol. The zero-order valence-corrected chi connectivity index (χ0v) is 10.6. The third-order valence-electron chi connectivity index (χ3n) is 2.88. The van der Waals surface area contributed by atoms with E-state index in [-0.39, 0.29) is 18.1 Å². The van der Waals surface area contributed by atoms with Crippen molar-refractivity contribution in [2.24, 2.45) is 0 Å². The number of anilines is 2. The zero-order chi connectivity index (χ0) is 13.8.